The van der Waals surface area contributed by atoms with Gasteiger partial charge < -0.3 is 46.1 Å². The molecule has 4 aromatic rings. The summed E-state index contributed by atoms with van der Waals surface area (Å²) in [7, 11) is 0. The van der Waals surface area contributed by atoms with E-state index in [2.05, 4.69) is 10.9 Å². The number of aromatic nitrogens is 1. The second-order valence-corrected chi connectivity index (χ2v) is 12.1. The Bertz CT molecular complexity index is 1900. The highest BCUT2D eigenvalue weighted by Gasteiger charge is 2.22. The van der Waals surface area contributed by atoms with Crippen molar-refractivity contribution in [2.24, 2.45) is 5.41 Å². The summed E-state index contributed by atoms with van der Waals surface area (Å²) >= 11 is 0. The van der Waals surface area contributed by atoms with Crippen molar-refractivity contribution in [3.63, 3.8) is 0 Å². The zero-order chi connectivity index (χ0) is 39.9. The van der Waals surface area contributed by atoms with Gasteiger partial charge in [-0.1, -0.05) is 46.8 Å². The minimum absolute atomic E-state index is 0.0423. The third-order valence-corrected chi connectivity index (χ3v) is 6.98. The first-order valence-corrected chi connectivity index (χ1v) is 15.6. The maximum absolute atomic E-state index is 11.6. The minimum atomic E-state index is -0.968. The number of carbonyl (C=O) groups is 3. The lowest BCUT2D eigenvalue weighted by Crippen LogP contribution is -2.46. The van der Waals surface area contributed by atoms with Crippen LogP contribution in [0.4, 0.5) is 0 Å². The topological polar surface area (TPSA) is 279 Å². The summed E-state index contributed by atoms with van der Waals surface area (Å²) in [6, 6.07) is 13.7. The van der Waals surface area contributed by atoms with E-state index in [1.807, 2.05) is 6.92 Å². The molecular weight excluding hydrogens is 682 g/mol. The molecule has 0 aliphatic rings. The van der Waals surface area contributed by atoms with Crippen LogP contribution in [0.1, 0.15) is 74.6 Å². The van der Waals surface area contributed by atoms with E-state index in [0.29, 0.717) is 17.7 Å². The molecule has 52 heavy (non-hydrogen) atoms. The van der Waals surface area contributed by atoms with Crippen molar-refractivity contribution in [2.45, 2.75) is 60.3 Å². The van der Waals surface area contributed by atoms with Gasteiger partial charge >= 0.3 is 5.97 Å². The number of carbonyl (C=O) groups excluding carboxylic acids is 2. The largest absolute Gasteiger partial charge is 0.504 e. The van der Waals surface area contributed by atoms with E-state index in [1.54, 1.807) is 39.8 Å². The number of aryl methyl sites for hydroxylation is 2. The summed E-state index contributed by atoms with van der Waals surface area (Å²) in [6.45, 7) is 10.4. The van der Waals surface area contributed by atoms with Gasteiger partial charge in [0.25, 0.3) is 5.91 Å². The van der Waals surface area contributed by atoms with Crippen LogP contribution in [0.15, 0.2) is 71.7 Å². The summed E-state index contributed by atoms with van der Waals surface area (Å²) in [6.07, 6.45) is 2.40. The normalized spacial score (nSPS) is 10.8. The van der Waals surface area contributed by atoms with Crippen LogP contribution in [-0.2, 0) is 22.4 Å². The Morgan fingerprint density at radius 1 is 0.692 bits per heavy atom. The molecule has 1 unspecified atom stereocenters. The third-order valence-electron chi connectivity index (χ3n) is 6.98. The number of aliphatic carboxylic acids is 1. The number of hydrogen-bond donors (Lipinski definition) is 11. The van der Waals surface area contributed by atoms with Crippen LogP contribution < -0.4 is 16.3 Å². The number of phenols is 6. The minimum Gasteiger partial charge on any atom is -0.504 e. The summed E-state index contributed by atoms with van der Waals surface area (Å²) < 4.78 is 0.747. The van der Waals surface area contributed by atoms with Gasteiger partial charge in [0.15, 0.2) is 40.2 Å². The van der Waals surface area contributed by atoms with Crippen LogP contribution in [0, 0.1) is 5.41 Å². The molecule has 1 atom stereocenters. The number of pyridine rings is 1. The predicted molar refractivity (Wildman–Crippen MR) is 189 cm³/mol. The van der Waals surface area contributed by atoms with Crippen LogP contribution >= 0.6 is 0 Å². The van der Waals surface area contributed by atoms with Gasteiger partial charge in [0.05, 0.1) is 17.8 Å². The highest BCUT2D eigenvalue weighted by Crippen LogP contribution is 2.29. The van der Waals surface area contributed by atoms with E-state index < -0.39 is 40.1 Å². The molecule has 0 saturated carbocycles. The molecule has 4 rings (SSSR count). The smallest absolute Gasteiger partial charge is 0.310 e. The number of hydrogen-bond acceptors (Lipinski definition) is 12. The fourth-order valence-corrected chi connectivity index (χ4v) is 3.60. The van der Waals surface area contributed by atoms with Crippen LogP contribution in [0.25, 0.3) is 0 Å². The number of aromatic hydroxyl groups is 7. The summed E-state index contributed by atoms with van der Waals surface area (Å²) in [5.74, 6) is -4.37. The molecule has 3 aromatic carbocycles. The molecule has 16 heteroatoms. The Morgan fingerprint density at radius 3 is 1.67 bits per heavy atom. The standard InChI is InChI=1S/C12H16N2O4.C9H10O4.C8H10O2.C7H9NO3/c1-12(2,3)11(18)14-13-10(17)7-4-5-8(15)9(16)6-7;1-5(9(12)13)6-2-3-7(10)8(11)4-6;1-2-6-3-4-7(9)8(10)5-6;1-2-5-3-6(9)7(10)4-8(5)11/h4-6,15-16H,1-3H3,(H,13,17)(H,14,18);2-5,10-11H,1H3,(H,12,13);3-5,9-10H,2H2,1H3;3-4,10-11H,2H2,1H3. The molecule has 1 heterocycles. The number of phenolic OH excluding ortho intramolecular Hbond substituents is 6. The summed E-state index contributed by atoms with van der Waals surface area (Å²) in [5.41, 5.74) is 5.50. The van der Waals surface area contributed by atoms with Crippen LogP contribution in [-0.4, -0.2) is 68.6 Å². The van der Waals surface area contributed by atoms with Crippen molar-refractivity contribution in [1.29, 1.82) is 0 Å². The fraction of sp³-hybridized carbons (Fsp3) is 0.278. The number of nitrogens with one attached hydrogen (secondary N) is 2. The van der Waals surface area contributed by atoms with Crippen molar-refractivity contribution in [1.82, 2.24) is 15.6 Å². The number of benzene rings is 3. The molecule has 0 aliphatic heterocycles. The van der Waals surface area contributed by atoms with E-state index in [4.69, 9.17) is 41.0 Å². The first kappa shape index (κ1) is 43.4. The van der Waals surface area contributed by atoms with Gasteiger partial charge in [0.2, 0.25) is 11.3 Å². The van der Waals surface area contributed by atoms with Crippen molar-refractivity contribution in [3.05, 3.63) is 99.5 Å². The molecule has 16 nitrogen and oxygen atoms in total. The quantitative estimate of drug-likeness (QED) is 0.0782. The monoisotopic (exact) mass is 727 g/mol. The van der Waals surface area contributed by atoms with Crippen LogP contribution in [0.2, 0.25) is 0 Å². The molecule has 0 saturated heterocycles. The number of carboxylic acid groups (broad SMARTS) is 1. The van der Waals surface area contributed by atoms with Crippen molar-refractivity contribution >= 4 is 17.8 Å². The molecule has 11 N–H and O–H groups in total. The van der Waals surface area contributed by atoms with E-state index in [1.165, 1.54) is 49.4 Å². The maximum atomic E-state index is 11.6. The molecular formula is C36H45N3O13. The summed E-state index contributed by atoms with van der Waals surface area (Å²) in [5, 5.41) is 80.8. The number of carboxylic acids is 1. The Kier molecular flexibility index (Phi) is 16.3. The van der Waals surface area contributed by atoms with Gasteiger partial charge in [-0.25, -0.2) is 0 Å². The highest BCUT2D eigenvalue weighted by molar-refractivity contribution is 5.96. The number of rotatable bonds is 5. The van der Waals surface area contributed by atoms with Crippen LogP contribution in [0.5, 0.6) is 40.2 Å². The zero-order valence-electron chi connectivity index (χ0n) is 29.4. The molecule has 0 radical (unpaired) electrons. The highest BCUT2D eigenvalue weighted by atomic mass is 16.5. The van der Waals surface area contributed by atoms with Gasteiger partial charge in [-0.2, -0.15) is 4.73 Å². The Labute approximate surface area is 299 Å². The first-order valence-electron chi connectivity index (χ1n) is 15.6. The fourth-order valence-electron chi connectivity index (χ4n) is 3.60. The third kappa shape index (κ3) is 13.7. The van der Waals surface area contributed by atoms with Gasteiger partial charge in [-0.05, 0) is 73.4 Å². The lowest BCUT2D eigenvalue weighted by molar-refractivity contribution is -0.138. The van der Waals surface area contributed by atoms with Gasteiger partial charge in [0.1, 0.15) is 0 Å². The molecule has 0 aliphatic carbocycles. The van der Waals surface area contributed by atoms with Gasteiger partial charge in [-0.15, -0.1) is 0 Å². The van der Waals surface area contributed by atoms with Crippen molar-refractivity contribution < 1.29 is 60.4 Å². The SMILES string of the molecule is CC(C(=O)O)c1ccc(O)c(O)c1.CC(C)(C)C(=O)NNC(=O)c1ccc(O)c(O)c1.CCc1cc(=O)c(O)cn1O.CCc1ccc(O)c(O)c1. The van der Waals surface area contributed by atoms with E-state index in [0.717, 1.165) is 29.0 Å². The Balaban J connectivity index is 0.000000356. The predicted octanol–water partition coefficient (Wildman–Crippen LogP) is 4.20. The molecule has 0 spiro atoms. The summed E-state index contributed by atoms with van der Waals surface area (Å²) in [4.78, 5) is 44.5. The second kappa shape index (κ2) is 19.6. The average molecular weight is 728 g/mol. The average Bonchev–Trinajstić information content (AvgIpc) is 3.08. The van der Waals surface area contributed by atoms with E-state index in [9.17, 15) is 24.3 Å². The number of amides is 2. The molecule has 2 amide bonds. The maximum Gasteiger partial charge on any atom is 0.310 e. The molecule has 282 valence electrons. The Hall–Kier alpha value is -6.58. The Morgan fingerprint density at radius 2 is 1.21 bits per heavy atom. The first-order chi connectivity index (χ1) is 24.1. The van der Waals surface area contributed by atoms with Crippen molar-refractivity contribution in [2.75, 3.05) is 0 Å². The number of nitrogens with zero attached hydrogens (tertiary/aromatic N) is 1. The van der Waals surface area contributed by atoms with Crippen LogP contribution in [0.3, 0.4) is 0 Å². The second-order valence-electron chi connectivity index (χ2n) is 12.1. The van der Waals surface area contributed by atoms with Gasteiger partial charge in [-0.3, -0.25) is 30.0 Å². The lowest BCUT2D eigenvalue weighted by Gasteiger charge is -2.17. The molecule has 0 fully saturated rings. The van der Waals surface area contributed by atoms with E-state index in [-0.39, 0.29) is 40.2 Å². The lowest BCUT2D eigenvalue weighted by atomic mass is 9.96. The van der Waals surface area contributed by atoms with Crippen molar-refractivity contribution in [3.8, 4) is 40.2 Å². The van der Waals surface area contributed by atoms with Gasteiger partial charge in [0, 0.05) is 17.0 Å². The number of hydrazine groups is 1. The molecule has 0 bridgehead atoms. The molecule has 1 aromatic heterocycles. The van der Waals surface area contributed by atoms with E-state index >= 15 is 0 Å². The zero-order valence-corrected chi connectivity index (χ0v) is 29.4.